The molecule has 0 bridgehead atoms. The van der Waals surface area contributed by atoms with Gasteiger partial charge in [0.2, 0.25) is 0 Å². The Labute approximate surface area is 244 Å². The summed E-state index contributed by atoms with van der Waals surface area (Å²) in [5, 5.41) is 6.70. The molecule has 216 valence electrons. The number of anilines is 2. The predicted molar refractivity (Wildman–Crippen MR) is 161 cm³/mol. The number of sulfonamides is 1. The average Bonchev–Trinajstić information content (AvgIpc) is 3.00. The van der Waals surface area contributed by atoms with Crippen LogP contribution in [0.5, 0.6) is 11.5 Å². The minimum Gasteiger partial charge on any atom is -0.495 e. The van der Waals surface area contributed by atoms with Gasteiger partial charge in [-0.1, -0.05) is 48.0 Å². The Morgan fingerprint density at radius 2 is 1.52 bits per heavy atom. The van der Waals surface area contributed by atoms with Crippen molar-refractivity contribution < 1.29 is 27.5 Å². The second-order valence-electron chi connectivity index (χ2n) is 9.06. The van der Waals surface area contributed by atoms with Crippen molar-refractivity contribution in [2.75, 3.05) is 29.9 Å². The lowest BCUT2D eigenvalue weighted by Gasteiger charge is -2.23. The number of rotatable bonds is 12. The van der Waals surface area contributed by atoms with Crippen molar-refractivity contribution in [2.24, 2.45) is 5.10 Å². The van der Waals surface area contributed by atoms with Crippen LogP contribution in [0.3, 0.4) is 0 Å². The highest BCUT2D eigenvalue weighted by Crippen LogP contribution is 2.24. The molecular formula is C31H30N4O6S. The Morgan fingerprint density at radius 3 is 2.21 bits per heavy atom. The van der Waals surface area contributed by atoms with E-state index in [0.717, 1.165) is 9.87 Å². The lowest BCUT2D eigenvalue weighted by molar-refractivity contribution is -0.119. The maximum atomic E-state index is 13.4. The van der Waals surface area contributed by atoms with Gasteiger partial charge in [-0.25, -0.2) is 13.8 Å². The largest absolute Gasteiger partial charge is 0.495 e. The van der Waals surface area contributed by atoms with Crippen molar-refractivity contribution in [3.8, 4) is 11.5 Å². The minimum atomic E-state index is -4.01. The maximum absolute atomic E-state index is 13.4. The van der Waals surface area contributed by atoms with Crippen LogP contribution in [-0.4, -0.2) is 46.7 Å². The van der Waals surface area contributed by atoms with E-state index in [1.54, 1.807) is 91.0 Å². The standard InChI is InChI=1S/C31H30N4O6S/c1-23-12-16-25(17-13-23)35(42(38,39)27-8-4-3-5-9-27)21-30(36)34-32-20-24-14-18-26(19-15-24)41-22-31(37)33-28-10-6-7-11-29(28)40-2/h3-20H,21-22H2,1-2H3,(H,33,37)(H,34,36)/b32-20-. The third-order valence-electron chi connectivity index (χ3n) is 5.97. The van der Waals surface area contributed by atoms with Crippen LogP contribution in [0.2, 0.25) is 0 Å². The first kappa shape index (κ1) is 29.8. The van der Waals surface area contributed by atoms with Crippen LogP contribution >= 0.6 is 0 Å². The van der Waals surface area contributed by atoms with Crippen molar-refractivity contribution in [1.29, 1.82) is 0 Å². The molecule has 0 aromatic heterocycles. The van der Waals surface area contributed by atoms with Crippen LogP contribution in [0.15, 0.2) is 113 Å². The number of hydrazone groups is 1. The SMILES string of the molecule is COc1ccccc1NC(=O)COc1ccc(/C=N\NC(=O)CN(c2ccc(C)cc2)S(=O)(=O)c2ccccc2)cc1. The first-order chi connectivity index (χ1) is 20.3. The number of ether oxygens (including phenoxy) is 2. The Morgan fingerprint density at radius 1 is 0.857 bits per heavy atom. The van der Waals surface area contributed by atoms with Gasteiger partial charge in [-0.05, 0) is 73.2 Å². The van der Waals surface area contributed by atoms with Gasteiger partial charge in [0.15, 0.2) is 6.61 Å². The van der Waals surface area contributed by atoms with Crippen molar-refractivity contribution in [2.45, 2.75) is 11.8 Å². The molecule has 0 aliphatic heterocycles. The van der Waals surface area contributed by atoms with Gasteiger partial charge in [0.05, 0.1) is 29.6 Å². The first-order valence-corrected chi connectivity index (χ1v) is 14.3. The second-order valence-corrected chi connectivity index (χ2v) is 10.9. The molecule has 0 saturated heterocycles. The number of aryl methyl sites for hydroxylation is 1. The van der Waals surface area contributed by atoms with Crippen LogP contribution in [0.1, 0.15) is 11.1 Å². The van der Waals surface area contributed by atoms with Crippen LogP contribution in [-0.2, 0) is 19.6 Å². The molecule has 11 heteroatoms. The zero-order valence-electron chi connectivity index (χ0n) is 23.1. The number of hydrogen-bond donors (Lipinski definition) is 2. The van der Waals surface area contributed by atoms with Gasteiger partial charge in [-0.3, -0.25) is 13.9 Å². The minimum absolute atomic E-state index is 0.0708. The monoisotopic (exact) mass is 586 g/mol. The fourth-order valence-electron chi connectivity index (χ4n) is 3.82. The number of hydrogen-bond acceptors (Lipinski definition) is 7. The number of nitrogens with one attached hydrogen (secondary N) is 2. The predicted octanol–water partition coefficient (Wildman–Crippen LogP) is 4.37. The fraction of sp³-hybridized carbons (Fsp3) is 0.129. The molecule has 2 N–H and O–H groups in total. The molecule has 42 heavy (non-hydrogen) atoms. The van der Waals surface area contributed by atoms with E-state index in [9.17, 15) is 18.0 Å². The Bertz CT molecular complexity index is 1640. The summed E-state index contributed by atoms with van der Waals surface area (Å²) in [6.07, 6.45) is 1.41. The summed E-state index contributed by atoms with van der Waals surface area (Å²) < 4.78 is 38.5. The Kier molecular flexibility index (Phi) is 9.90. The molecule has 0 unspecified atom stereocenters. The summed E-state index contributed by atoms with van der Waals surface area (Å²) in [7, 11) is -2.48. The number of benzene rings is 4. The summed E-state index contributed by atoms with van der Waals surface area (Å²) in [5.74, 6) is 0.0441. The molecule has 4 aromatic rings. The quantitative estimate of drug-likeness (QED) is 0.188. The molecule has 4 aromatic carbocycles. The highest BCUT2D eigenvalue weighted by Gasteiger charge is 2.27. The van der Waals surface area contributed by atoms with E-state index in [0.29, 0.717) is 28.4 Å². The Balaban J connectivity index is 1.33. The van der Waals surface area contributed by atoms with E-state index in [-0.39, 0.29) is 17.4 Å². The normalized spacial score (nSPS) is 11.1. The molecule has 0 spiro atoms. The van der Waals surface area contributed by atoms with E-state index < -0.39 is 22.5 Å². The summed E-state index contributed by atoms with van der Waals surface area (Å²) >= 11 is 0. The number of methoxy groups -OCH3 is 1. The number of amides is 2. The topological polar surface area (TPSA) is 126 Å². The lowest BCUT2D eigenvalue weighted by atomic mass is 10.2. The molecule has 0 heterocycles. The fourth-order valence-corrected chi connectivity index (χ4v) is 5.27. The summed E-state index contributed by atoms with van der Waals surface area (Å²) in [4.78, 5) is 25.1. The number of carbonyl (C=O) groups is 2. The van der Waals surface area contributed by atoms with Crippen molar-refractivity contribution in [3.63, 3.8) is 0 Å². The third kappa shape index (κ3) is 7.95. The first-order valence-electron chi connectivity index (χ1n) is 12.9. The molecule has 0 aliphatic rings. The number of carbonyl (C=O) groups excluding carboxylic acids is 2. The van der Waals surface area contributed by atoms with Gasteiger partial charge in [0, 0.05) is 0 Å². The molecule has 10 nitrogen and oxygen atoms in total. The van der Waals surface area contributed by atoms with E-state index >= 15 is 0 Å². The lowest BCUT2D eigenvalue weighted by Crippen LogP contribution is -2.39. The molecule has 2 amide bonds. The van der Waals surface area contributed by atoms with Crippen molar-refractivity contribution >= 4 is 39.4 Å². The Hall–Kier alpha value is -5.16. The average molecular weight is 587 g/mol. The van der Waals surface area contributed by atoms with Crippen LogP contribution in [0.25, 0.3) is 0 Å². The molecule has 4 rings (SSSR count). The van der Waals surface area contributed by atoms with Gasteiger partial charge >= 0.3 is 0 Å². The molecular weight excluding hydrogens is 556 g/mol. The summed E-state index contributed by atoms with van der Waals surface area (Å²) in [5.41, 5.74) is 4.89. The van der Waals surface area contributed by atoms with Gasteiger partial charge in [-0.15, -0.1) is 0 Å². The zero-order chi connectivity index (χ0) is 30.0. The van der Waals surface area contributed by atoms with Gasteiger partial charge in [0.25, 0.3) is 21.8 Å². The van der Waals surface area contributed by atoms with Gasteiger partial charge < -0.3 is 14.8 Å². The van der Waals surface area contributed by atoms with E-state index in [1.807, 2.05) is 6.92 Å². The van der Waals surface area contributed by atoms with E-state index in [4.69, 9.17) is 9.47 Å². The molecule has 0 atom stereocenters. The van der Waals surface area contributed by atoms with Gasteiger partial charge in [0.1, 0.15) is 18.0 Å². The van der Waals surface area contributed by atoms with E-state index in [1.165, 1.54) is 25.5 Å². The second kappa shape index (κ2) is 14.0. The smallest absolute Gasteiger partial charge is 0.264 e. The summed E-state index contributed by atoms with van der Waals surface area (Å²) in [6.45, 7) is 1.21. The highest BCUT2D eigenvalue weighted by atomic mass is 32.2. The number of nitrogens with zero attached hydrogens (tertiary/aromatic N) is 2. The molecule has 0 aliphatic carbocycles. The molecule has 0 fully saturated rings. The van der Waals surface area contributed by atoms with E-state index in [2.05, 4.69) is 15.8 Å². The zero-order valence-corrected chi connectivity index (χ0v) is 23.9. The number of para-hydroxylation sites is 2. The maximum Gasteiger partial charge on any atom is 0.264 e. The highest BCUT2D eigenvalue weighted by molar-refractivity contribution is 7.92. The van der Waals surface area contributed by atoms with Crippen LogP contribution in [0, 0.1) is 6.92 Å². The van der Waals surface area contributed by atoms with Gasteiger partial charge in [-0.2, -0.15) is 5.10 Å². The molecule has 0 radical (unpaired) electrons. The third-order valence-corrected chi connectivity index (χ3v) is 7.76. The summed E-state index contributed by atoms with van der Waals surface area (Å²) in [6, 6.07) is 28.5. The molecule has 0 saturated carbocycles. The van der Waals surface area contributed by atoms with Crippen LogP contribution in [0.4, 0.5) is 11.4 Å². The van der Waals surface area contributed by atoms with Crippen molar-refractivity contribution in [1.82, 2.24) is 5.43 Å². The van der Waals surface area contributed by atoms with Crippen molar-refractivity contribution in [3.05, 3.63) is 114 Å². The van der Waals surface area contributed by atoms with Crippen LogP contribution < -0.4 is 24.5 Å².